The third-order valence-electron chi connectivity index (χ3n) is 3.89. The van der Waals surface area contributed by atoms with Crippen LogP contribution in [-0.4, -0.2) is 17.0 Å². The van der Waals surface area contributed by atoms with E-state index < -0.39 is 11.5 Å². The summed E-state index contributed by atoms with van der Waals surface area (Å²) in [6.45, 7) is 11.4. The van der Waals surface area contributed by atoms with Crippen LogP contribution in [0.15, 0.2) is 34.9 Å². The summed E-state index contributed by atoms with van der Waals surface area (Å²) < 4.78 is 0.846. The van der Waals surface area contributed by atoms with E-state index in [0.29, 0.717) is 19.3 Å². The van der Waals surface area contributed by atoms with Crippen LogP contribution in [-0.2, 0) is 4.79 Å². The zero-order chi connectivity index (χ0) is 14.6. The van der Waals surface area contributed by atoms with Gasteiger partial charge in [0.25, 0.3) is 0 Å². The molecule has 0 amide bonds. The zero-order valence-corrected chi connectivity index (χ0v) is 13.4. The Balaban J connectivity index is 2.86. The first-order chi connectivity index (χ1) is 8.77. The van der Waals surface area contributed by atoms with Gasteiger partial charge in [0.05, 0.1) is 6.10 Å². The number of aliphatic hydroxyl groups is 1. The highest BCUT2D eigenvalue weighted by molar-refractivity contribution is 9.11. The first-order valence-electron chi connectivity index (χ1n) is 6.65. The number of halogens is 1. The first kappa shape index (κ1) is 16.4. The second kappa shape index (κ2) is 6.67. The van der Waals surface area contributed by atoms with Gasteiger partial charge >= 0.3 is 0 Å². The lowest BCUT2D eigenvalue weighted by molar-refractivity contribution is -0.125. The van der Waals surface area contributed by atoms with Crippen molar-refractivity contribution in [3.8, 4) is 0 Å². The number of rotatable bonds is 6. The molecule has 19 heavy (non-hydrogen) atoms. The highest BCUT2D eigenvalue weighted by Crippen LogP contribution is 2.43. The van der Waals surface area contributed by atoms with Crippen LogP contribution < -0.4 is 0 Å². The van der Waals surface area contributed by atoms with Crippen molar-refractivity contribution in [3.63, 3.8) is 0 Å². The lowest BCUT2D eigenvalue weighted by Crippen LogP contribution is -2.34. The molecule has 1 rings (SSSR count). The van der Waals surface area contributed by atoms with Gasteiger partial charge in [-0.25, -0.2) is 0 Å². The van der Waals surface area contributed by atoms with Gasteiger partial charge in [-0.1, -0.05) is 40.2 Å². The molecule has 0 aromatic rings. The summed E-state index contributed by atoms with van der Waals surface area (Å²) >= 11 is 3.38. The average Bonchev–Trinajstić information content (AvgIpc) is 2.30. The summed E-state index contributed by atoms with van der Waals surface area (Å²) in [6, 6.07) is 0. The second-order valence-electron chi connectivity index (χ2n) is 5.73. The van der Waals surface area contributed by atoms with Crippen molar-refractivity contribution in [1.82, 2.24) is 0 Å². The van der Waals surface area contributed by atoms with Crippen LogP contribution in [0.5, 0.6) is 0 Å². The molecular formula is C16H23BrO2. The largest absolute Gasteiger partial charge is 0.389 e. The van der Waals surface area contributed by atoms with Crippen LogP contribution in [0.25, 0.3) is 0 Å². The minimum atomic E-state index is -0.528. The second-order valence-corrected chi connectivity index (χ2v) is 6.85. The van der Waals surface area contributed by atoms with Crippen LogP contribution in [0.2, 0.25) is 0 Å². The predicted octanol–water partition coefficient (Wildman–Crippen LogP) is 4.30. The molecule has 1 aliphatic rings. The molecule has 2 nitrogen and oxygen atoms in total. The highest BCUT2D eigenvalue weighted by Gasteiger charge is 2.39. The molecule has 0 unspecified atom stereocenters. The summed E-state index contributed by atoms with van der Waals surface area (Å²) in [5, 5.41) is 9.88. The quantitative estimate of drug-likeness (QED) is 0.739. The molecule has 106 valence electrons. The van der Waals surface area contributed by atoms with Gasteiger partial charge in [0.15, 0.2) is 5.78 Å². The van der Waals surface area contributed by atoms with E-state index in [2.05, 4.69) is 29.1 Å². The van der Waals surface area contributed by atoms with Gasteiger partial charge < -0.3 is 5.11 Å². The van der Waals surface area contributed by atoms with E-state index in [9.17, 15) is 9.90 Å². The Labute approximate surface area is 124 Å². The van der Waals surface area contributed by atoms with Crippen molar-refractivity contribution in [3.05, 3.63) is 34.9 Å². The minimum absolute atomic E-state index is 0.172. The van der Waals surface area contributed by atoms with E-state index in [4.69, 9.17) is 0 Å². The number of allylic oxidation sites excluding steroid dienone is 3. The monoisotopic (exact) mass is 326 g/mol. The van der Waals surface area contributed by atoms with Gasteiger partial charge in [0.2, 0.25) is 0 Å². The number of ketones is 1. The third-order valence-corrected chi connectivity index (χ3v) is 4.17. The van der Waals surface area contributed by atoms with Crippen LogP contribution >= 0.6 is 15.9 Å². The lowest BCUT2D eigenvalue weighted by atomic mass is 9.68. The Kier molecular flexibility index (Phi) is 5.75. The van der Waals surface area contributed by atoms with Crippen LogP contribution in [0.4, 0.5) is 0 Å². The van der Waals surface area contributed by atoms with Gasteiger partial charge in [-0.3, -0.25) is 4.79 Å². The Morgan fingerprint density at radius 1 is 1.58 bits per heavy atom. The van der Waals surface area contributed by atoms with E-state index in [-0.39, 0.29) is 5.78 Å². The topological polar surface area (TPSA) is 37.3 Å². The number of carbonyl (C=O) groups excluding carboxylic acids is 1. The molecule has 0 heterocycles. The fourth-order valence-corrected chi connectivity index (χ4v) is 3.08. The van der Waals surface area contributed by atoms with Gasteiger partial charge in [-0.05, 0) is 56.5 Å². The Morgan fingerprint density at radius 3 is 2.68 bits per heavy atom. The van der Waals surface area contributed by atoms with E-state index in [1.807, 2.05) is 13.8 Å². The molecule has 1 N–H and O–H groups in total. The summed E-state index contributed by atoms with van der Waals surface area (Å²) in [4.78, 5) is 12.4. The van der Waals surface area contributed by atoms with E-state index >= 15 is 0 Å². The molecule has 0 saturated heterocycles. The number of aliphatic hydroxyl groups excluding tert-OH is 1. The molecule has 0 aliphatic heterocycles. The molecule has 1 aliphatic carbocycles. The summed E-state index contributed by atoms with van der Waals surface area (Å²) in [5.41, 5.74) is 1.49. The molecule has 2 atom stereocenters. The standard InChI is InChI=1S/C16H23BrO2/c1-11(2)14(18)6-8-16(10-13(4)17)7-5-12(3)9-15(16)19/h9,14,18H,1,4-8,10H2,2-3H3/t14-,16+/m0/s1. The normalized spacial score (nSPS) is 24.8. The molecule has 0 saturated carbocycles. The molecule has 0 radical (unpaired) electrons. The maximum Gasteiger partial charge on any atom is 0.162 e. The van der Waals surface area contributed by atoms with Crippen LogP contribution in [0.1, 0.15) is 46.0 Å². The molecule has 0 bridgehead atoms. The van der Waals surface area contributed by atoms with Crippen molar-refractivity contribution < 1.29 is 9.90 Å². The smallest absolute Gasteiger partial charge is 0.162 e. The summed E-state index contributed by atoms with van der Waals surface area (Å²) in [6.07, 6.45) is 4.89. The number of hydrogen-bond donors (Lipinski definition) is 1. The number of carbonyl (C=O) groups is 1. The Morgan fingerprint density at radius 2 is 2.21 bits per heavy atom. The Hall–Kier alpha value is -0.670. The highest BCUT2D eigenvalue weighted by atomic mass is 79.9. The number of hydrogen-bond acceptors (Lipinski definition) is 2. The molecule has 0 spiro atoms. The van der Waals surface area contributed by atoms with Gasteiger partial charge in [-0.15, -0.1) is 0 Å². The van der Waals surface area contributed by atoms with Crippen molar-refractivity contribution in [2.75, 3.05) is 0 Å². The fourth-order valence-electron chi connectivity index (χ4n) is 2.55. The maximum absolute atomic E-state index is 12.4. The van der Waals surface area contributed by atoms with E-state index in [1.165, 1.54) is 0 Å². The van der Waals surface area contributed by atoms with Crippen molar-refractivity contribution >= 4 is 21.7 Å². The van der Waals surface area contributed by atoms with Crippen molar-refractivity contribution in [2.45, 2.75) is 52.1 Å². The van der Waals surface area contributed by atoms with E-state index in [0.717, 1.165) is 28.5 Å². The average molecular weight is 327 g/mol. The van der Waals surface area contributed by atoms with Gasteiger partial charge in [-0.2, -0.15) is 0 Å². The molecule has 0 fully saturated rings. The predicted molar refractivity (Wildman–Crippen MR) is 83.2 cm³/mol. The molecular weight excluding hydrogens is 304 g/mol. The third kappa shape index (κ3) is 4.43. The summed E-state index contributed by atoms with van der Waals surface area (Å²) in [7, 11) is 0. The van der Waals surface area contributed by atoms with Crippen LogP contribution in [0.3, 0.4) is 0 Å². The fraction of sp³-hybridized carbons (Fsp3) is 0.562. The molecule has 0 aromatic carbocycles. The molecule has 0 aromatic heterocycles. The van der Waals surface area contributed by atoms with E-state index in [1.54, 1.807) is 6.08 Å². The maximum atomic E-state index is 12.4. The molecule has 3 heteroatoms. The summed E-state index contributed by atoms with van der Waals surface area (Å²) in [5.74, 6) is 0.172. The van der Waals surface area contributed by atoms with Crippen LogP contribution in [0, 0.1) is 5.41 Å². The van der Waals surface area contributed by atoms with Crippen molar-refractivity contribution in [1.29, 1.82) is 0 Å². The minimum Gasteiger partial charge on any atom is -0.389 e. The van der Waals surface area contributed by atoms with Gasteiger partial charge in [0.1, 0.15) is 0 Å². The van der Waals surface area contributed by atoms with Gasteiger partial charge in [0, 0.05) is 5.41 Å². The Bertz CT molecular complexity index is 422. The SMILES string of the molecule is C=C(Br)C[C@]1(CC[C@H](O)C(=C)C)CCC(C)=CC1=O. The zero-order valence-electron chi connectivity index (χ0n) is 11.8. The van der Waals surface area contributed by atoms with Crippen molar-refractivity contribution in [2.24, 2.45) is 5.41 Å². The first-order valence-corrected chi connectivity index (χ1v) is 7.44. The lowest BCUT2D eigenvalue weighted by Gasteiger charge is -2.35.